The molecule has 3 aromatic rings. The molecule has 146 valence electrons. The summed E-state index contributed by atoms with van der Waals surface area (Å²) in [7, 11) is 0. The molecular formula is C22H16F2N2O2S. The quantitative estimate of drug-likeness (QED) is 0.659. The van der Waals surface area contributed by atoms with Crippen LogP contribution < -0.4 is 10.2 Å². The van der Waals surface area contributed by atoms with Crippen molar-refractivity contribution in [2.75, 3.05) is 16.0 Å². The largest absolute Gasteiger partial charge is 0.322 e. The normalized spacial score (nSPS) is 16.1. The molecule has 1 aliphatic heterocycles. The minimum absolute atomic E-state index is 0.0325. The Balaban J connectivity index is 1.61. The first kappa shape index (κ1) is 19.1. The van der Waals surface area contributed by atoms with E-state index in [9.17, 15) is 18.4 Å². The zero-order valence-corrected chi connectivity index (χ0v) is 16.0. The van der Waals surface area contributed by atoms with Crippen molar-refractivity contribution >= 4 is 35.0 Å². The first-order chi connectivity index (χ1) is 14.0. The molecule has 0 radical (unpaired) electrons. The Morgan fingerprint density at radius 2 is 1.79 bits per heavy atom. The van der Waals surface area contributed by atoms with E-state index in [1.807, 2.05) is 12.1 Å². The number of carbonyl (C=O) groups is 2. The first-order valence-corrected chi connectivity index (χ1v) is 9.93. The fraction of sp³-hybridized carbons (Fsp3) is 0.0909. The molecule has 1 aliphatic rings. The molecule has 1 atom stereocenters. The van der Waals surface area contributed by atoms with Gasteiger partial charge in [-0.1, -0.05) is 30.3 Å². The van der Waals surface area contributed by atoms with Crippen LogP contribution in [0.4, 0.5) is 20.2 Å². The topological polar surface area (TPSA) is 49.4 Å². The molecule has 0 unspecified atom stereocenters. The monoisotopic (exact) mass is 410 g/mol. The third kappa shape index (κ3) is 4.00. The summed E-state index contributed by atoms with van der Waals surface area (Å²) < 4.78 is 27.6. The maximum atomic E-state index is 14.3. The van der Waals surface area contributed by atoms with Gasteiger partial charge >= 0.3 is 0 Å². The van der Waals surface area contributed by atoms with E-state index >= 15 is 0 Å². The number of hydrogen-bond acceptors (Lipinski definition) is 3. The molecule has 1 saturated heterocycles. The number of amides is 2. The van der Waals surface area contributed by atoms with Crippen LogP contribution in [0.2, 0.25) is 0 Å². The van der Waals surface area contributed by atoms with Gasteiger partial charge in [-0.15, -0.1) is 11.8 Å². The lowest BCUT2D eigenvalue weighted by Gasteiger charge is -2.25. The maximum absolute atomic E-state index is 14.3. The number of rotatable bonds is 4. The number of carbonyl (C=O) groups excluding carboxylic acids is 2. The Bertz CT molecular complexity index is 1080. The van der Waals surface area contributed by atoms with Crippen LogP contribution in [0.25, 0.3) is 0 Å². The third-order valence-corrected chi connectivity index (χ3v) is 5.72. The molecule has 1 fully saturated rings. The zero-order valence-electron chi connectivity index (χ0n) is 15.1. The van der Waals surface area contributed by atoms with Gasteiger partial charge < -0.3 is 5.32 Å². The van der Waals surface area contributed by atoms with E-state index in [4.69, 9.17) is 0 Å². The standard InChI is InChI=1S/C22H16F2N2O2S/c23-16-9-10-19(18(24)12-16)26-20(27)13-29-22(26)15-7-4-8-17(11-15)25-21(28)14-5-2-1-3-6-14/h1-12,22H,13H2,(H,25,28)/t22-/m0/s1. The van der Waals surface area contributed by atoms with Crippen LogP contribution in [0, 0.1) is 11.6 Å². The van der Waals surface area contributed by atoms with Gasteiger partial charge in [0.1, 0.15) is 17.0 Å². The van der Waals surface area contributed by atoms with Crippen molar-refractivity contribution in [1.82, 2.24) is 0 Å². The van der Waals surface area contributed by atoms with Gasteiger partial charge in [0.25, 0.3) is 5.91 Å². The number of nitrogens with one attached hydrogen (secondary N) is 1. The van der Waals surface area contributed by atoms with Gasteiger partial charge in [-0.25, -0.2) is 8.78 Å². The minimum Gasteiger partial charge on any atom is -0.322 e. The Hall–Kier alpha value is -3.19. The van der Waals surface area contributed by atoms with E-state index in [0.29, 0.717) is 11.3 Å². The second-order valence-corrected chi connectivity index (χ2v) is 7.54. The molecule has 0 bridgehead atoms. The Morgan fingerprint density at radius 1 is 1.00 bits per heavy atom. The molecule has 1 N–H and O–H groups in total. The number of halogens is 2. The Morgan fingerprint density at radius 3 is 2.55 bits per heavy atom. The Kier molecular flexibility index (Phi) is 5.31. The summed E-state index contributed by atoms with van der Waals surface area (Å²) in [6.07, 6.45) is 0. The van der Waals surface area contributed by atoms with Gasteiger partial charge in [0, 0.05) is 17.3 Å². The van der Waals surface area contributed by atoms with Crippen molar-refractivity contribution in [3.05, 3.63) is 95.6 Å². The highest BCUT2D eigenvalue weighted by Gasteiger charge is 2.35. The van der Waals surface area contributed by atoms with Crippen LogP contribution in [0.3, 0.4) is 0 Å². The summed E-state index contributed by atoms with van der Waals surface area (Å²) in [5, 5.41) is 2.36. The molecule has 2 amide bonds. The summed E-state index contributed by atoms with van der Waals surface area (Å²) in [4.78, 5) is 26.1. The summed E-state index contributed by atoms with van der Waals surface area (Å²) >= 11 is 1.35. The van der Waals surface area contributed by atoms with Crippen LogP contribution in [0.1, 0.15) is 21.3 Å². The second-order valence-electron chi connectivity index (χ2n) is 6.47. The highest BCUT2D eigenvalue weighted by molar-refractivity contribution is 8.00. The highest BCUT2D eigenvalue weighted by Crippen LogP contribution is 2.43. The lowest BCUT2D eigenvalue weighted by Crippen LogP contribution is -2.28. The summed E-state index contributed by atoms with van der Waals surface area (Å²) in [5.74, 6) is -1.82. The molecular weight excluding hydrogens is 394 g/mol. The number of benzene rings is 3. The molecule has 0 saturated carbocycles. The van der Waals surface area contributed by atoms with Gasteiger partial charge in [-0.05, 0) is 42.0 Å². The minimum atomic E-state index is -0.792. The van der Waals surface area contributed by atoms with Gasteiger partial charge in [-0.3, -0.25) is 14.5 Å². The average molecular weight is 410 g/mol. The predicted molar refractivity (Wildman–Crippen MR) is 110 cm³/mol. The van der Waals surface area contributed by atoms with Crippen molar-refractivity contribution in [2.24, 2.45) is 0 Å². The fourth-order valence-corrected chi connectivity index (χ4v) is 4.33. The summed E-state index contributed by atoms with van der Waals surface area (Å²) in [6, 6.07) is 19.0. The predicted octanol–water partition coefficient (Wildman–Crippen LogP) is 5.00. The fourth-order valence-electron chi connectivity index (χ4n) is 3.17. The molecule has 7 heteroatoms. The van der Waals surface area contributed by atoms with E-state index in [1.54, 1.807) is 42.5 Å². The molecule has 3 aromatic carbocycles. The van der Waals surface area contributed by atoms with Crippen molar-refractivity contribution in [2.45, 2.75) is 5.37 Å². The van der Waals surface area contributed by atoms with E-state index in [0.717, 1.165) is 17.7 Å². The van der Waals surface area contributed by atoms with E-state index < -0.39 is 17.0 Å². The van der Waals surface area contributed by atoms with Crippen LogP contribution in [0.5, 0.6) is 0 Å². The van der Waals surface area contributed by atoms with Crippen LogP contribution in [-0.4, -0.2) is 17.6 Å². The van der Waals surface area contributed by atoms with Crippen molar-refractivity contribution in [3.8, 4) is 0 Å². The zero-order chi connectivity index (χ0) is 20.4. The SMILES string of the molecule is O=C(Nc1cccc([C@@H]2SCC(=O)N2c2ccc(F)cc2F)c1)c1ccccc1. The van der Waals surface area contributed by atoms with Crippen LogP contribution in [-0.2, 0) is 4.79 Å². The molecule has 1 heterocycles. The lowest BCUT2D eigenvalue weighted by molar-refractivity contribution is -0.115. The number of hydrogen-bond donors (Lipinski definition) is 1. The number of thioether (sulfide) groups is 1. The molecule has 0 spiro atoms. The molecule has 29 heavy (non-hydrogen) atoms. The van der Waals surface area contributed by atoms with Crippen molar-refractivity contribution in [3.63, 3.8) is 0 Å². The Labute approximate surface area is 170 Å². The molecule has 0 aromatic heterocycles. The van der Waals surface area contributed by atoms with E-state index in [1.165, 1.54) is 22.7 Å². The third-order valence-electron chi connectivity index (χ3n) is 4.50. The molecule has 4 nitrogen and oxygen atoms in total. The maximum Gasteiger partial charge on any atom is 0.255 e. The van der Waals surface area contributed by atoms with Gasteiger partial charge in [0.2, 0.25) is 5.91 Å². The van der Waals surface area contributed by atoms with Crippen molar-refractivity contribution in [1.29, 1.82) is 0 Å². The molecule has 0 aliphatic carbocycles. The lowest BCUT2D eigenvalue weighted by atomic mass is 10.1. The van der Waals surface area contributed by atoms with Crippen molar-refractivity contribution < 1.29 is 18.4 Å². The van der Waals surface area contributed by atoms with Gasteiger partial charge in [0.15, 0.2) is 0 Å². The van der Waals surface area contributed by atoms with Gasteiger partial charge in [-0.2, -0.15) is 0 Å². The van der Waals surface area contributed by atoms with Crippen LogP contribution in [0.15, 0.2) is 72.8 Å². The van der Waals surface area contributed by atoms with Gasteiger partial charge in [0.05, 0.1) is 11.4 Å². The first-order valence-electron chi connectivity index (χ1n) is 8.88. The second kappa shape index (κ2) is 8.05. The highest BCUT2D eigenvalue weighted by atomic mass is 32.2. The summed E-state index contributed by atoms with van der Waals surface area (Å²) in [6.45, 7) is 0. The number of anilines is 2. The average Bonchev–Trinajstić information content (AvgIpc) is 3.10. The molecule has 4 rings (SSSR count). The van der Waals surface area contributed by atoms with E-state index in [2.05, 4.69) is 5.32 Å². The number of nitrogens with zero attached hydrogens (tertiary/aromatic N) is 1. The smallest absolute Gasteiger partial charge is 0.255 e. The van der Waals surface area contributed by atoms with Crippen LogP contribution >= 0.6 is 11.8 Å². The van der Waals surface area contributed by atoms with E-state index in [-0.39, 0.29) is 23.3 Å². The summed E-state index contributed by atoms with van der Waals surface area (Å²) in [5.41, 5.74) is 1.86.